The lowest BCUT2D eigenvalue weighted by atomic mass is 9.77. The molecule has 4 aromatic rings. The average Bonchev–Trinajstić information content (AvgIpc) is 3.03. The van der Waals surface area contributed by atoms with E-state index in [1.165, 1.54) is 36.7 Å². The van der Waals surface area contributed by atoms with E-state index in [0.29, 0.717) is 22.6 Å². The number of benzene rings is 4. The van der Waals surface area contributed by atoms with Gasteiger partial charge in [-0.3, -0.25) is 9.98 Å². The van der Waals surface area contributed by atoms with Crippen LogP contribution in [0.5, 0.6) is 11.5 Å². The van der Waals surface area contributed by atoms with Gasteiger partial charge < -0.3 is 18.6 Å². The van der Waals surface area contributed by atoms with Gasteiger partial charge >= 0.3 is 26.6 Å². The van der Waals surface area contributed by atoms with E-state index in [4.69, 9.17) is 18.6 Å². The van der Waals surface area contributed by atoms with Gasteiger partial charge in [0, 0.05) is 23.6 Å². The van der Waals surface area contributed by atoms with Gasteiger partial charge in [0.1, 0.15) is 11.5 Å². The van der Waals surface area contributed by atoms with Crippen LogP contribution in [0.4, 0.5) is 26.3 Å². The Hall–Kier alpha value is -4.55. The van der Waals surface area contributed by atoms with Crippen molar-refractivity contribution < 1.29 is 45.0 Å². The molecule has 1 aliphatic rings. The zero-order chi connectivity index (χ0) is 32.6. The number of hydrogen-bond donors (Lipinski definition) is 0. The molecule has 6 nitrogen and oxygen atoms in total. The van der Waals surface area contributed by atoms with Gasteiger partial charge in [0.15, 0.2) is 0 Å². The van der Waals surface area contributed by atoms with Crippen LogP contribution in [0.1, 0.15) is 22.3 Å². The number of fused-ring (bicyclic) bond motifs is 2. The van der Waals surface area contributed by atoms with Crippen molar-refractivity contribution in [3.05, 3.63) is 119 Å². The highest BCUT2D eigenvalue weighted by Gasteiger charge is 2.34. The molecule has 0 unspecified atom stereocenters. The van der Waals surface area contributed by atoms with E-state index in [1.807, 2.05) is 0 Å². The lowest BCUT2D eigenvalue weighted by Gasteiger charge is -2.19. The summed E-state index contributed by atoms with van der Waals surface area (Å²) in [6, 6.07) is 23.0. The van der Waals surface area contributed by atoms with Crippen LogP contribution in [0.3, 0.4) is 0 Å². The molecular weight excluding hydrogens is 612 g/mol. The second kappa shape index (κ2) is 14.7. The normalized spacial score (nSPS) is 15.2. The Labute approximate surface area is 262 Å². The second-order valence-corrected chi connectivity index (χ2v) is 10.0. The summed E-state index contributed by atoms with van der Waals surface area (Å²) in [5.74, 6) is 0.608. The maximum atomic E-state index is 13.5. The van der Waals surface area contributed by atoms with Crippen molar-refractivity contribution in [3.8, 4) is 11.5 Å². The minimum Gasteiger partial charge on any atom is -0.532 e. The molecule has 14 heteroatoms. The Balaban J connectivity index is 1.45. The van der Waals surface area contributed by atoms with Crippen molar-refractivity contribution in [2.24, 2.45) is 9.98 Å². The van der Waals surface area contributed by atoms with Crippen molar-refractivity contribution in [3.63, 3.8) is 0 Å². The smallest absolute Gasteiger partial charge is 0.532 e. The minimum atomic E-state index is -4.56. The fraction of sp³-hybridized carbons (Fsp3) is 0.188. The number of halogens is 6. The number of alkyl halides is 6. The fourth-order valence-corrected chi connectivity index (χ4v) is 4.49. The van der Waals surface area contributed by atoms with Crippen LogP contribution in [0.15, 0.2) is 107 Å². The first-order valence-electron chi connectivity index (χ1n) is 14.2. The third kappa shape index (κ3) is 8.79. The molecule has 0 saturated heterocycles. The highest BCUT2D eigenvalue weighted by molar-refractivity contribution is 6.62. The van der Waals surface area contributed by atoms with E-state index >= 15 is 0 Å². The first-order valence-corrected chi connectivity index (χ1v) is 14.2. The maximum absolute atomic E-state index is 13.5. The molecule has 4 aromatic carbocycles. The molecule has 0 atom stereocenters. The number of para-hydroxylation sites is 2. The lowest BCUT2D eigenvalue weighted by molar-refractivity contribution is -0.138. The summed E-state index contributed by atoms with van der Waals surface area (Å²) < 4.78 is 105. The number of aliphatic imine (C=N–C) groups is 2. The van der Waals surface area contributed by atoms with Gasteiger partial charge in [-0.1, -0.05) is 60.7 Å². The van der Waals surface area contributed by atoms with Gasteiger partial charge in [-0.2, -0.15) is 26.3 Å². The minimum absolute atomic E-state index is 0.0212. The van der Waals surface area contributed by atoms with E-state index in [0.717, 1.165) is 24.3 Å². The van der Waals surface area contributed by atoms with Gasteiger partial charge in [0.2, 0.25) is 0 Å². The number of rotatable bonds is 2. The second-order valence-electron chi connectivity index (χ2n) is 10.0. The third-order valence-corrected chi connectivity index (χ3v) is 6.72. The summed E-state index contributed by atoms with van der Waals surface area (Å²) >= 11 is 0. The fourth-order valence-electron chi connectivity index (χ4n) is 4.49. The molecule has 1 heterocycles. The van der Waals surface area contributed by atoms with Gasteiger partial charge in [-0.15, -0.1) is 0 Å². The van der Waals surface area contributed by atoms with Crippen LogP contribution in [0, 0.1) is 0 Å². The van der Waals surface area contributed by atoms with Crippen molar-refractivity contribution in [1.82, 2.24) is 0 Å². The molecule has 0 fully saturated rings. The third-order valence-electron chi connectivity index (χ3n) is 6.72. The first-order chi connectivity index (χ1) is 22.1. The molecule has 46 heavy (non-hydrogen) atoms. The van der Waals surface area contributed by atoms with Crippen LogP contribution in [0.2, 0.25) is 0 Å². The number of nitrogens with zero attached hydrogens (tertiary/aromatic N) is 2. The van der Waals surface area contributed by atoms with E-state index < -0.39 is 37.7 Å². The zero-order valence-corrected chi connectivity index (χ0v) is 24.2. The van der Waals surface area contributed by atoms with Gasteiger partial charge in [-0.05, 0) is 47.3 Å². The molecule has 1 aliphatic heterocycles. The van der Waals surface area contributed by atoms with E-state index in [9.17, 15) is 26.3 Å². The predicted molar refractivity (Wildman–Crippen MR) is 165 cm³/mol. The lowest BCUT2D eigenvalue weighted by Crippen LogP contribution is -2.41. The molecule has 236 valence electrons. The SMILES string of the molecule is FC(F)(F)c1cccc(B2OCCN=Cc3ccccc3OB(c3cccc(C(F)(F)F)c3)OCCN=Cc3ccccc3O2)c1. The molecule has 0 aromatic heterocycles. The Kier molecular flexibility index (Phi) is 10.5. The van der Waals surface area contributed by atoms with Gasteiger partial charge in [0.25, 0.3) is 0 Å². The van der Waals surface area contributed by atoms with Crippen molar-refractivity contribution in [1.29, 1.82) is 0 Å². The molecule has 0 spiro atoms. The van der Waals surface area contributed by atoms with Crippen molar-refractivity contribution in [2.75, 3.05) is 26.3 Å². The molecule has 0 N–H and O–H groups in total. The van der Waals surface area contributed by atoms with Crippen LogP contribution < -0.4 is 20.2 Å². The summed E-state index contributed by atoms with van der Waals surface area (Å²) in [5.41, 5.74) is -0.335. The monoisotopic (exact) mass is 638 g/mol. The summed E-state index contributed by atoms with van der Waals surface area (Å²) in [7, 11) is -2.39. The predicted octanol–water partition coefficient (Wildman–Crippen LogP) is 5.86. The Morgan fingerprint density at radius 2 is 0.935 bits per heavy atom. The van der Waals surface area contributed by atoms with E-state index in [1.54, 1.807) is 48.5 Å². The van der Waals surface area contributed by atoms with Crippen LogP contribution in [-0.2, 0) is 21.7 Å². The Bertz CT molecular complexity index is 1560. The Morgan fingerprint density at radius 3 is 1.35 bits per heavy atom. The van der Waals surface area contributed by atoms with Gasteiger partial charge in [-0.25, -0.2) is 0 Å². The maximum Gasteiger partial charge on any atom is 0.562 e. The van der Waals surface area contributed by atoms with Crippen LogP contribution in [-0.4, -0.2) is 53.0 Å². The summed E-state index contributed by atoms with van der Waals surface area (Å²) in [6.07, 6.45) is -6.11. The van der Waals surface area contributed by atoms with Crippen LogP contribution >= 0.6 is 0 Å². The first kappa shape index (κ1) is 32.8. The summed E-state index contributed by atoms with van der Waals surface area (Å²) in [6.45, 7) is 0.160. The summed E-state index contributed by atoms with van der Waals surface area (Å²) in [4.78, 5) is 8.75. The van der Waals surface area contributed by atoms with E-state index in [2.05, 4.69) is 9.98 Å². The topological polar surface area (TPSA) is 61.6 Å². The van der Waals surface area contributed by atoms with Crippen molar-refractivity contribution in [2.45, 2.75) is 12.4 Å². The Morgan fingerprint density at radius 1 is 0.522 bits per heavy atom. The quantitative estimate of drug-likeness (QED) is 0.204. The average molecular weight is 638 g/mol. The van der Waals surface area contributed by atoms with E-state index in [-0.39, 0.29) is 37.2 Å². The molecule has 0 amide bonds. The zero-order valence-electron chi connectivity index (χ0n) is 24.2. The van der Waals surface area contributed by atoms with Crippen LogP contribution in [0.25, 0.3) is 0 Å². The molecule has 0 aliphatic carbocycles. The largest absolute Gasteiger partial charge is 0.562 e. The molecule has 0 saturated carbocycles. The number of hydrogen-bond acceptors (Lipinski definition) is 6. The standard InChI is InChI=1S/C32H26B2F6N2O4/c35-31(36,37)25-9-5-11-27(19-25)33-43-18-16-42-22-24-8-2-4-14-30(24)46-34(28-12-6-10-26(20-28)32(38,39)40)44-17-15-41-21-23-7-1-3-13-29(23)45-33/h1-14,19-22H,15-18H2. The highest BCUT2D eigenvalue weighted by atomic mass is 19.4. The molecule has 0 bridgehead atoms. The summed E-state index contributed by atoms with van der Waals surface area (Å²) in [5, 5.41) is 0. The molecule has 5 rings (SSSR count). The van der Waals surface area contributed by atoms with Crippen molar-refractivity contribution >= 4 is 37.6 Å². The molecule has 0 radical (unpaired) electrons. The molecular formula is C32H26B2F6N2O4. The van der Waals surface area contributed by atoms with Gasteiger partial charge in [0.05, 0.1) is 37.4 Å². The highest BCUT2D eigenvalue weighted by Crippen LogP contribution is 2.29.